The van der Waals surface area contributed by atoms with Gasteiger partial charge < -0.3 is 0 Å². The maximum atomic E-state index is 11.1. The van der Waals surface area contributed by atoms with Gasteiger partial charge in [0.25, 0.3) is 0 Å². The minimum atomic E-state index is 0.0827. The maximum Gasteiger partial charge on any atom is 0.212 e. The first-order valence-electron chi connectivity index (χ1n) is 6.88. The van der Waals surface area contributed by atoms with Crippen molar-refractivity contribution in [1.29, 1.82) is 0 Å². The number of carbonyl (C=O) groups is 1. The van der Waals surface area contributed by atoms with Crippen LogP contribution >= 0.6 is 58.4 Å². The Morgan fingerprint density at radius 3 is 3.14 bits per heavy atom. The number of thiophene rings is 1. The summed E-state index contributed by atoms with van der Waals surface area (Å²) in [6.45, 7) is 5.65. The molecule has 1 aliphatic rings. The number of rotatable bonds is 8. The zero-order valence-corrected chi connectivity index (χ0v) is 16.2. The molecule has 0 N–H and O–H groups in total. The molecular weight excluding hydrogens is 356 g/mol. The summed E-state index contributed by atoms with van der Waals surface area (Å²) in [5.74, 6) is 2.43. The first kappa shape index (κ1) is 17.9. The highest BCUT2D eigenvalue weighted by atomic mass is 32.2. The quantitative estimate of drug-likeness (QED) is 0.322. The summed E-state index contributed by atoms with van der Waals surface area (Å²) in [6.07, 6.45) is 3.94. The molecule has 1 aliphatic heterocycles. The van der Waals surface area contributed by atoms with Gasteiger partial charge in [0.2, 0.25) is 5.12 Å². The highest BCUT2D eigenvalue weighted by molar-refractivity contribution is 8.24. The average molecular weight is 377 g/mol. The molecule has 0 amide bonds. The van der Waals surface area contributed by atoms with Crippen LogP contribution in [0.3, 0.4) is 0 Å². The van der Waals surface area contributed by atoms with E-state index in [1.54, 1.807) is 0 Å². The van der Waals surface area contributed by atoms with Crippen LogP contribution in [0.1, 0.15) is 27.9 Å². The topological polar surface area (TPSA) is 17.1 Å². The maximum absolute atomic E-state index is 11.1. The van der Waals surface area contributed by atoms with E-state index >= 15 is 0 Å². The first-order chi connectivity index (χ1) is 10.2. The smallest absolute Gasteiger partial charge is 0.212 e. The van der Waals surface area contributed by atoms with Gasteiger partial charge in [-0.05, 0) is 48.6 Å². The summed E-state index contributed by atoms with van der Waals surface area (Å²) >= 11 is 9.36. The molecule has 0 radical (unpaired) electrons. The first-order valence-corrected chi connectivity index (χ1v) is 11.9. The SMILES string of the molecule is C=CC(=O)SCSCCCC1CSC(c2cc(C)cs2)S1. The van der Waals surface area contributed by atoms with Crippen LogP contribution in [0.15, 0.2) is 24.1 Å². The fraction of sp³-hybridized carbons (Fsp3) is 0.533. The second-order valence-electron chi connectivity index (χ2n) is 4.79. The standard InChI is InChI=1S/C15H20OS5/c1-3-14(16)20-10-17-6-4-5-12-9-19-15(21-12)13-7-11(2)8-18-13/h3,7-8,12,15H,1,4-6,9-10H2,2H3. The molecule has 1 fully saturated rings. The van der Waals surface area contributed by atoms with E-state index in [4.69, 9.17) is 0 Å². The van der Waals surface area contributed by atoms with E-state index < -0.39 is 0 Å². The third-order valence-electron chi connectivity index (χ3n) is 3.00. The third kappa shape index (κ3) is 6.26. The second-order valence-corrected chi connectivity index (χ2v) is 11.0. The zero-order valence-electron chi connectivity index (χ0n) is 12.1. The molecule has 2 unspecified atom stereocenters. The summed E-state index contributed by atoms with van der Waals surface area (Å²) in [5, 5.41) is 3.99. The monoisotopic (exact) mass is 376 g/mol. The van der Waals surface area contributed by atoms with Crippen molar-refractivity contribution in [2.45, 2.75) is 29.6 Å². The van der Waals surface area contributed by atoms with Gasteiger partial charge in [-0.2, -0.15) is 11.8 Å². The molecule has 0 aromatic carbocycles. The van der Waals surface area contributed by atoms with Crippen LogP contribution < -0.4 is 0 Å². The summed E-state index contributed by atoms with van der Waals surface area (Å²) in [5.41, 5.74) is 1.39. The summed E-state index contributed by atoms with van der Waals surface area (Å²) in [4.78, 5) is 12.6. The van der Waals surface area contributed by atoms with E-state index in [9.17, 15) is 4.79 Å². The third-order valence-corrected chi connectivity index (χ3v) is 9.97. The van der Waals surface area contributed by atoms with Gasteiger partial charge in [-0.15, -0.1) is 34.9 Å². The fourth-order valence-corrected chi connectivity index (χ4v) is 8.39. The Labute approximate surface area is 148 Å². The largest absolute Gasteiger partial charge is 0.282 e. The molecule has 2 heterocycles. The van der Waals surface area contributed by atoms with Gasteiger partial charge in [0.15, 0.2) is 0 Å². The van der Waals surface area contributed by atoms with Crippen molar-refractivity contribution in [3.05, 3.63) is 34.5 Å². The molecule has 1 aromatic rings. The summed E-state index contributed by atoms with van der Waals surface area (Å²) < 4.78 is 0.655. The van der Waals surface area contributed by atoms with Crippen LogP contribution in [-0.2, 0) is 4.79 Å². The highest BCUT2D eigenvalue weighted by Gasteiger charge is 2.27. The van der Waals surface area contributed by atoms with Gasteiger partial charge in [-0.25, -0.2) is 0 Å². The molecule has 1 saturated heterocycles. The molecule has 116 valence electrons. The lowest BCUT2D eigenvalue weighted by molar-refractivity contribution is -0.107. The number of hydrogen-bond donors (Lipinski definition) is 0. The van der Waals surface area contributed by atoms with Crippen molar-refractivity contribution < 1.29 is 4.79 Å². The van der Waals surface area contributed by atoms with Gasteiger partial charge in [0.1, 0.15) is 0 Å². The zero-order chi connectivity index (χ0) is 15.1. The van der Waals surface area contributed by atoms with E-state index in [2.05, 4.69) is 48.5 Å². The Morgan fingerprint density at radius 1 is 1.57 bits per heavy atom. The highest BCUT2D eigenvalue weighted by Crippen LogP contribution is 2.52. The predicted molar refractivity (Wildman–Crippen MR) is 105 cm³/mol. The van der Waals surface area contributed by atoms with Crippen LogP contribution in [0.2, 0.25) is 0 Å². The molecule has 1 nitrogen and oxygen atoms in total. The number of aryl methyl sites for hydroxylation is 1. The van der Waals surface area contributed by atoms with Crippen LogP contribution in [-0.4, -0.2) is 27.0 Å². The van der Waals surface area contributed by atoms with Crippen molar-refractivity contribution >= 4 is 63.5 Å². The second kappa shape index (κ2) is 9.60. The fourth-order valence-electron chi connectivity index (χ4n) is 1.96. The van der Waals surface area contributed by atoms with Crippen molar-refractivity contribution in [3.63, 3.8) is 0 Å². The van der Waals surface area contributed by atoms with E-state index in [1.165, 1.54) is 46.9 Å². The Balaban J connectivity index is 1.56. The molecule has 0 spiro atoms. The van der Waals surface area contributed by atoms with Crippen LogP contribution in [0, 0.1) is 6.92 Å². The van der Waals surface area contributed by atoms with Gasteiger partial charge in [0, 0.05) is 21.0 Å². The van der Waals surface area contributed by atoms with Crippen LogP contribution in [0.4, 0.5) is 0 Å². The summed E-state index contributed by atoms with van der Waals surface area (Å²) in [6, 6.07) is 2.33. The Morgan fingerprint density at radius 2 is 2.43 bits per heavy atom. The van der Waals surface area contributed by atoms with E-state index in [-0.39, 0.29) is 5.12 Å². The van der Waals surface area contributed by atoms with Crippen LogP contribution in [0.25, 0.3) is 0 Å². The molecule has 21 heavy (non-hydrogen) atoms. The molecule has 0 bridgehead atoms. The summed E-state index contributed by atoms with van der Waals surface area (Å²) in [7, 11) is 0. The van der Waals surface area contributed by atoms with Crippen molar-refractivity contribution in [1.82, 2.24) is 0 Å². The average Bonchev–Trinajstić information content (AvgIpc) is 3.11. The van der Waals surface area contributed by atoms with Gasteiger partial charge >= 0.3 is 0 Å². The lowest BCUT2D eigenvalue weighted by Gasteiger charge is -2.09. The van der Waals surface area contributed by atoms with E-state index in [0.717, 1.165) is 16.1 Å². The number of carbonyl (C=O) groups excluding carboxylic acids is 1. The van der Waals surface area contributed by atoms with Gasteiger partial charge in [0.05, 0.1) is 4.58 Å². The molecule has 2 atom stereocenters. The lowest BCUT2D eigenvalue weighted by Crippen LogP contribution is -2.01. The molecule has 0 saturated carbocycles. The van der Waals surface area contributed by atoms with E-state index in [0.29, 0.717) is 4.58 Å². The van der Waals surface area contributed by atoms with Gasteiger partial charge in [-0.1, -0.05) is 18.3 Å². The van der Waals surface area contributed by atoms with Crippen molar-refractivity contribution in [3.8, 4) is 0 Å². The van der Waals surface area contributed by atoms with E-state index in [1.807, 2.05) is 23.1 Å². The van der Waals surface area contributed by atoms with Crippen LogP contribution in [0.5, 0.6) is 0 Å². The van der Waals surface area contributed by atoms with Crippen molar-refractivity contribution in [2.24, 2.45) is 0 Å². The molecule has 1 aromatic heterocycles. The minimum absolute atomic E-state index is 0.0827. The number of thioether (sulfide) groups is 4. The normalized spacial score (nSPS) is 21.6. The molecule has 6 heteroatoms. The Kier molecular flexibility index (Phi) is 8.17. The predicted octanol–water partition coefficient (Wildman–Crippen LogP) is 5.82. The lowest BCUT2D eigenvalue weighted by atomic mass is 10.3. The molecule has 2 rings (SSSR count). The number of hydrogen-bond acceptors (Lipinski definition) is 6. The molecular formula is C15H20OS5. The molecule has 0 aliphatic carbocycles. The van der Waals surface area contributed by atoms with Crippen molar-refractivity contribution in [2.75, 3.05) is 16.6 Å². The Hall–Kier alpha value is 0.510. The van der Waals surface area contributed by atoms with Gasteiger partial charge in [-0.3, -0.25) is 4.79 Å². The Bertz CT molecular complexity index is 470. The minimum Gasteiger partial charge on any atom is -0.282 e.